The topological polar surface area (TPSA) is 56.2 Å². The molecule has 2 heterocycles. The first-order valence-electron chi connectivity index (χ1n) is 9.62. The molecule has 4 aromatic rings. The predicted molar refractivity (Wildman–Crippen MR) is 116 cm³/mol. The number of hydrogen-bond acceptors (Lipinski definition) is 3. The third kappa shape index (κ3) is 3.44. The summed E-state index contributed by atoms with van der Waals surface area (Å²) in [5.74, 6) is 1.26. The van der Waals surface area contributed by atoms with Crippen LogP contribution in [0.15, 0.2) is 85.1 Å². The van der Waals surface area contributed by atoms with Crippen molar-refractivity contribution in [3.05, 3.63) is 107 Å². The SMILES string of the molecule is O=C(Nc1ccn(Cc2ccccc2Cl)n1)C1c2ccccc2Oc2ccccc21. The van der Waals surface area contributed by atoms with E-state index in [1.165, 1.54) is 0 Å². The number of halogens is 1. The maximum atomic E-state index is 13.3. The second-order valence-corrected chi connectivity index (χ2v) is 7.50. The molecule has 0 unspecified atom stereocenters. The summed E-state index contributed by atoms with van der Waals surface area (Å²) in [6, 6.07) is 24.6. The van der Waals surface area contributed by atoms with E-state index < -0.39 is 5.92 Å². The Balaban J connectivity index is 1.40. The van der Waals surface area contributed by atoms with Crippen molar-refractivity contribution < 1.29 is 9.53 Å². The predicted octanol–water partition coefficient (Wildman–Crippen LogP) is 5.46. The molecule has 0 saturated carbocycles. The molecule has 5 nitrogen and oxygen atoms in total. The number of amides is 1. The fraction of sp³-hybridized carbons (Fsp3) is 0.0833. The lowest BCUT2D eigenvalue weighted by atomic mass is 9.87. The Morgan fingerprint density at radius 1 is 0.933 bits per heavy atom. The highest BCUT2D eigenvalue weighted by atomic mass is 35.5. The molecule has 1 aliphatic heterocycles. The highest BCUT2D eigenvalue weighted by molar-refractivity contribution is 6.31. The van der Waals surface area contributed by atoms with Gasteiger partial charge in [0.1, 0.15) is 11.5 Å². The third-order valence-corrected chi connectivity index (χ3v) is 5.49. The molecule has 0 radical (unpaired) electrons. The summed E-state index contributed by atoms with van der Waals surface area (Å²) in [7, 11) is 0. The zero-order chi connectivity index (χ0) is 20.5. The van der Waals surface area contributed by atoms with Crippen LogP contribution in [0.2, 0.25) is 5.02 Å². The molecule has 0 aliphatic carbocycles. The van der Waals surface area contributed by atoms with Crippen molar-refractivity contribution in [3.63, 3.8) is 0 Å². The first kappa shape index (κ1) is 18.5. The molecule has 1 amide bonds. The number of para-hydroxylation sites is 2. The van der Waals surface area contributed by atoms with Gasteiger partial charge in [-0.05, 0) is 23.8 Å². The quantitative estimate of drug-likeness (QED) is 0.481. The lowest BCUT2D eigenvalue weighted by molar-refractivity contribution is -0.116. The highest BCUT2D eigenvalue weighted by Gasteiger charge is 2.32. The second kappa shape index (κ2) is 7.69. The number of aromatic nitrogens is 2. The Morgan fingerprint density at radius 3 is 2.27 bits per heavy atom. The molecule has 1 aliphatic rings. The molecule has 0 saturated heterocycles. The van der Waals surface area contributed by atoms with Gasteiger partial charge in [-0.3, -0.25) is 9.48 Å². The Morgan fingerprint density at radius 2 is 1.57 bits per heavy atom. The number of fused-ring (bicyclic) bond motifs is 2. The van der Waals surface area contributed by atoms with E-state index in [9.17, 15) is 4.79 Å². The fourth-order valence-electron chi connectivity index (χ4n) is 3.71. The van der Waals surface area contributed by atoms with Crippen LogP contribution in [-0.2, 0) is 11.3 Å². The molecule has 148 valence electrons. The Labute approximate surface area is 178 Å². The first-order valence-corrected chi connectivity index (χ1v) is 10.0. The maximum Gasteiger partial charge on any atom is 0.237 e. The summed E-state index contributed by atoms with van der Waals surface area (Å²) in [4.78, 5) is 13.3. The van der Waals surface area contributed by atoms with E-state index >= 15 is 0 Å². The molecule has 1 aromatic heterocycles. The molecule has 0 spiro atoms. The van der Waals surface area contributed by atoms with Gasteiger partial charge in [0.15, 0.2) is 5.82 Å². The van der Waals surface area contributed by atoms with E-state index in [0.717, 1.165) is 16.7 Å². The van der Waals surface area contributed by atoms with E-state index in [4.69, 9.17) is 16.3 Å². The van der Waals surface area contributed by atoms with Crippen LogP contribution >= 0.6 is 11.6 Å². The number of hydrogen-bond donors (Lipinski definition) is 1. The van der Waals surface area contributed by atoms with Gasteiger partial charge in [-0.15, -0.1) is 0 Å². The zero-order valence-corrected chi connectivity index (χ0v) is 16.7. The van der Waals surface area contributed by atoms with Crippen molar-refractivity contribution in [2.24, 2.45) is 0 Å². The fourth-order valence-corrected chi connectivity index (χ4v) is 3.90. The van der Waals surface area contributed by atoms with Gasteiger partial charge in [-0.1, -0.05) is 66.2 Å². The number of nitrogens with zero attached hydrogens (tertiary/aromatic N) is 2. The van der Waals surface area contributed by atoms with Crippen LogP contribution < -0.4 is 10.1 Å². The van der Waals surface area contributed by atoms with E-state index in [2.05, 4.69) is 10.4 Å². The Kier molecular flexibility index (Phi) is 4.73. The van der Waals surface area contributed by atoms with Crippen molar-refractivity contribution >= 4 is 23.3 Å². The maximum absolute atomic E-state index is 13.3. The standard InChI is InChI=1S/C24H18ClN3O2/c25-19-10-4-1-7-16(19)15-28-14-13-22(27-28)26-24(29)23-17-8-2-5-11-20(17)30-21-12-6-3-9-18(21)23/h1-14,23H,15H2,(H,26,27,29). The normalized spacial score (nSPS) is 12.6. The summed E-state index contributed by atoms with van der Waals surface area (Å²) in [6.07, 6.45) is 1.82. The summed E-state index contributed by atoms with van der Waals surface area (Å²) >= 11 is 6.24. The summed E-state index contributed by atoms with van der Waals surface area (Å²) < 4.78 is 7.73. The molecule has 0 bridgehead atoms. The van der Waals surface area contributed by atoms with Gasteiger partial charge in [-0.2, -0.15) is 5.10 Å². The largest absolute Gasteiger partial charge is 0.457 e. The van der Waals surface area contributed by atoms with Crippen LogP contribution in [0.25, 0.3) is 0 Å². The first-order chi connectivity index (χ1) is 14.7. The van der Waals surface area contributed by atoms with Crippen molar-refractivity contribution in [1.82, 2.24) is 9.78 Å². The smallest absolute Gasteiger partial charge is 0.237 e. The monoisotopic (exact) mass is 415 g/mol. The molecule has 5 rings (SSSR count). The van der Waals surface area contributed by atoms with Crippen molar-refractivity contribution in [3.8, 4) is 11.5 Å². The average molecular weight is 416 g/mol. The molecule has 30 heavy (non-hydrogen) atoms. The number of nitrogens with one attached hydrogen (secondary N) is 1. The van der Waals surface area contributed by atoms with Gasteiger partial charge in [-0.25, -0.2) is 0 Å². The highest BCUT2D eigenvalue weighted by Crippen LogP contribution is 2.44. The summed E-state index contributed by atoms with van der Waals surface area (Å²) in [5.41, 5.74) is 2.64. The molecule has 6 heteroatoms. The van der Waals surface area contributed by atoms with Gasteiger partial charge in [0.05, 0.1) is 12.5 Å². The summed E-state index contributed by atoms with van der Waals surface area (Å²) in [5, 5.41) is 8.13. The third-order valence-electron chi connectivity index (χ3n) is 5.12. The van der Waals surface area contributed by atoms with Gasteiger partial charge >= 0.3 is 0 Å². The minimum atomic E-state index is -0.472. The average Bonchev–Trinajstić information content (AvgIpc) is 3.20. The lowest BCUT2D eigenvalue weighted by Crippen LogP contribution is -2.25. The van der Waals surface area contributed by atoms with Crippen LogP contribution in [0.5, 0.6) is 11.5 Å². The number of anilines is 1. The van der Waals surface area contributed by atoms with Crippen LogP contribution in [0.3, 0.4) is 0 Å². The van der Waals surface area contributed by atoms with Gasteiger partial charge in [0.2, 0.25) is 5.91 Å². The molecule has 1 N–H and O–H groups in total. The Bertz CT molecular complexity index is 1190. The lowest BCUT2D eigenvalue weighted by Gasteiger charge is -2.27. The Hall–Kier alpha value is -3.57. The van der Waals surface area contributed by atoms with E-state index in [0.29, 0.717) is 28.9 Å². The molecule has 0 atom stereocenters. The van der Waals surface area contributed by atoms with Crippen molar-refractivity contribution in [2.75, 3.05) is 5.32 Å². The van der Waals surface area contributed by atoms with E-state index in [-0.39, 0.29) is 5.91 Å². The number of benzene rings is 3. The van der Waals surface area contributed by atoms with Crippen LogP contribution in [0.1, 0.15) is 22.6 Å². The molecular weight excluding hydrogens is 398 g/mol. The van der Waals surface area contributed by atoms with Gasteiger partial charge < -0.3 is 10.1 Å². The zero-order valence-electron chi connectivity index (χ0n) is 16.0. The number of rotatable bonds is 4. The molecule has 0 fully saturated rings. The second-order valence-electron chi connectivity index (χ2n) is 7.09. The van der Waals surface area contributed by atoms with E-state index in [1.807, 2.05) is 79.0 Å². The van der Waals surface area contributed by atoms with Gasteiger partial charge in [0.25, 0.3) is 0 Å². The van der Waals surface area contributed by atoms with Crippen LogP contribution in [0, 0.1) is 0 Å². The van der Waals surface area contributed by atoms with Crippen LogP contribution in [-0.4, -0.2) is 15.7 Å². The molecular formula is C24H18ClN3O2. The van der Waals surface area contributed by atoms with Gasteiger partial charge in [0, 0.05) is 28.4 Å². The van der Waals surface area contributed by atoms with Crippen LogP contribution in [0.4, 0.5) is 5.82 Å². The summed E-state index contributed by atoms with van der Waals surface area (Å²) in [6.45, 7) is 0.526. The number of ether oxygens (including phenoxy) is 1. The minimum Gasteiger partial charge on any atom is -0.457 e. The van der Waals surface area contributed by atoms with E-state index in [1.54, 1.807) is 10.7 Å². The van der Waals surface area contributed by atoms with Crippen molar-refractivity contribution in [2.45, 2.75) is 12.5 Å². The minimum absolute atomic E-state index is 0.152. The number of carbonyl (C=O) groups is 1. The van der Waals surface area contributed by atoms with Crippen molar-refractivity contribution in [1.29, 1.82) is 0 Å². The molecule has 3 aromatic carbocycles. The number of carbonyl (C=O) groups excluding carboxylic acids is 1.